The van der Waals surface area contributed by atoms with Gasteiger partial charge in [-0.15, -0.1) is 0 Å². The molecule has 2 aliphatic carbocycles. The number of ketones is 1. The van der Waals surface area contributed by atoms with E-state index in [0.29, 0.717) is 0 Å². The first-order valence-electron chi connectivity index (χ1n) is 4.09. The number of hydrogen-bond donors (Lipinski definition) is 0. The Morgan fingerprint density at radius 3 is 3.00 bits per heavy atom. The van der Waals surface area contributed by atoms with Gasteiger partial charge in [-0.2, -0.15) is 11.3 Å². The lowest BCUT2D eigenvalue weighted by Crippen LogP contribution is -2.52. The smallest absolute Gasteiger partial charge is 0.183 e. The zero-order chi connectivity index (χ0) is 9.22. The van der Waals surface area contributed by atoms with Crippen molar-refractivity contribution in [3.8, 4) is 0 Å². The maximum atomic E-state index is 11.5. The average molecular weight is 233 g/mol. The van der Waals surface area contributed by atoms with Crippen LogP contribution in [0.15, 0.2) is 10.8 Å². The number of fused-ring (bicyclic) bond motifs is 3. The van der Waals surface area contributed by atoms with Crippen molar-refractivity contribution in [1.29, 1.82) is 0 Å². The van der Waals surface area contributed by atoms with Crippen LogP contribution in [0, 0.1) is 5.92 Å². The van der Waals surface area contributed by atoms with E-state index in [-0.39, 0.29) is 17.6 Å². The van der Waals surface area contributed by atoms with Gasteiger partial charge < -0.3 is 0 Å². The summed E-state index contributed by atoms with van der Waals surface area (Å²) in [7, 11) is 0. The number of Topliss-reactive ketones (excluding diaryl/α,β-unsaturated/α-hetero) is 1. The molecule has 68 valence electrons. The van der Waals surface area contributed by atoms with Gasteiger partial charge in [-0.05, 0) is 28.3 Å². The molecular weight excluding hydrogens is 227 g/mol. The third-order valence-electron chi connectivity index (χ3n) is 3.01. The molecule has 2 atom stereocenters. The SMILES string of the molecule is O=C1C2Cc3cscc3C2C1(Cl)Cl. The Morgan fingerprint density at radius 2 is 2.23 bits per heavy atom. The summed E-state index contributed by atoms with van der Waals surface area (Å²) in [5.74, 6) is 0.125. The predicted molar refractivity (Wildman–Crippen MR) is 53.7 cm³/mol. The summed E-state index contributed by atoms with van der Waals surface area (Å²) in [4.78, 5) is 11.5. The van der Waals surface area contributed by atoms with Gasteiger partial charge in [0.1, 0.15) is 0 Å². The third-order valence-corrected chi connectivity index (χ3v) is 4.66. The quantitative estimate of drug-likeness (QED) is 0.629. The number of carbonyl (C=O) groups excluding carboxylic acids is 1. The van der Waals surface area contributed by atoms with E-state index >= 15 is 0 Å². The van der Waals surface area contributed by atoms with Crippen molar-refractivity contribution in [2.45, 2.75) is 16.7 Å². The molecule has 1 saturated carbocycles. The Kier molecular flexibility index (Phi) is 1.46. The lowest BCUT2D eigenvalue weighted by atomic mass is 9.72. The first kappa shape index (κ1) is 8.27. The van der Waals surface area contributed by atoms with Crippen LogP contribution in [0.5, 0.6) is 0 Å². The molecule has 0 radical (unpaired) electrons. The standard InChI is InChI=1S/C9H6Cl2OS/c10-9(11)7-5(8(9)12)1-4-2-13-3-6(4)7/h2-3,5,7H,1H2. The Labute approximate surface area is 89.7 Å². The van der Waals surface area contributed by atoms with Crippen LogP contribution in [0.4, 0.5) is 0 Å². The second kappa shape index (κ2) is 2.30. The van der Waals surface area contributed by atoms with Gasteiger partial charge in [0.25, 0.3) is 0 Å². The van der Waals surface area contributed by atoms with Gasteiger partial charge in [0.05, 0.1) is 0 Å². The van der Waals surface area contributed by atoms with E-state index in [4.69, 9.17) is 23.2 Å². The van der Waals surface area contributed by atoms with Crippen molar-refractivity contribution in [2.75, 3.05) is 0 Å². The molecule has 0 aliphatic heterocycles. The highest BCUT2D eigenvalue weighted by atomic mass is 35.5. The van der Waals surface area contributed by atoms with Gasteiger partial charge in [0.15, 0.2) is 10.1 Å². The van der Waals surface area contributed by atoms with Crippen molar-refractivity contribution >= 4 is 40.3 Å². The second-order valence-electron chi connectivity index (χ2n) is 3.63. The highest BCUT2D eigenvalue weighted by molar-refractivity contribution is 7.08. The van der Waals surface area contributed by atoms with Gasteiger partial charge in [-0.3, -0.25) is 4.79 Å². The van der Waals surface area contributed by atoms with E-state index in [0.717, 1.165) is 6.42 Å². The number of rotatable bonds is 0. The predicted octanol–water partition coefficient (Wildman–Crippen LogP) is 2.76. The first-order chi connectivity index (χ1) is 6.12. The Bertz CT molecular complexity index is 396. The lowest BCUT2D eigenvalue weighted by molar-refractivity contribution is -0.131. The maximum absolute atomic E-state index is 11.5. The molecule has 1 aromatic rings. The Balaban J connectivity index is 2.11. The van der Waals surface area contributed by atoms with Crippen molar-refractivity contribution < 1.29 is 4.79 Å². The van der Waals surface area contributed by atoms with Gasteiger partial charge in [-0.1, -0.05) is 23.2 Å². The Morgan fingerprint density at radius 1 is 1.46 bits per heavy atom. The normalized spacial score (nSPS) is 33.8. The number of thiophene rings is 1. The molecule has 1 heterocycles. The van der Waals surface area contributed by atoms with Gasteiger partial charge in [0.2, 0.25) is 0 Å². The first-order valence-corrected chi connectivity index (χ1v) is 5.79. The fraction of sp³-hybridized carbons (Fsp3) is 0.444. The van der Waals surface area contributed by atoms with Gasteiger partial charge in [0, 0.05) is 11.8 Å². The second-order valence-corrected chi connectivity index (χ2v) is 5.76. The fourth-order valence-electron chi connectivity index (χ4n) is 2.34. The molecule has 13 heavy (non-hydrogen) atoms. The summed E-state index contributed by atoms with van der Waals surface area (Å²) >= 11 is 13.6. The average Bonchev–Trinajstić information content (AvgIpc) is 2.58. The highest BCUT2D eigenvalue weighted by Gasteiger charge is 2.63. The summed E-state index contributed by atoms with van der Waals surface area (Å²) in [6, 6.07) is 0. The Hall–Kier alpha value is -0.0500. The van der Waals surface area contributed by atoms with E-state index in [2.05, 4.69) is 10.8 Å². The van der Waals surface area contributed by atoms with Crippen molar-refractivity contribution in [1.82, 2.24) is 0 Å². The maximum Gasteiger partial charge on any atom is 0.183 e. The summed E-state index contributed by atoms with van der Waals surface area (Å²) in [5.41, 5.74) is 2.45. The molecular formula is C9H6Cl2OS. The van der Waals surface area contributed by atoms with Gasteiger partial charge in [-0.25, -0.2) is 0 Å². The van der Waals surface area contributed by atoms with E-state index < -0.39 is 4.33 Å². The van der Waals surface area contributed by atoms with Crippen LogP contribution in [0.3, 0.4) is 0 Å². The van der Waals surface area contributed by atoms with Crippen LogP contribution in [-0.4, -0.2) is 10.1 Å². The highest BCUT2D eigenvalue weighted by Crippen LogP contribution is 2.60. The minimum atomic E-state index is -1.14. The van der Waals surface area contributed by atoms with Gasteiger partial charge >= 0.3 is 0 Å². The summed E-state index contributed by atoms with van der Waals surface area (Å²) < 4.78 is -1.14. The minimum absolute atomic E-state index is 0.00188. The van der Waals surface area contributed by atoms with Crippen molar-refractivity contribution in [3.63, 3.8) is 0 Å². The van der Waals surface area contributed by atoms with Crippen LogP contribution in [-0.2, 0) is 11.2 Å². The fourth-order valence-corrected chi connectivity index (χ4v) is 4.07. The van der Waals surface area contributed by atoms with Crippen LogP contribution in [0.25, 0.3) is 0 Å². The molecule has 0 aromatic carbocycles. The molecule has 4 heteroatoms. The summed E-state index contributed by atoms with van der Waals surface area (Å²) in [5, 5.41) is 4.15. The molecule has 0 spiro atoms. The molecule has 0 amide bonds. The number of alkyl halides is 2. The molecule has 1 fully saturated rings. The molecule has 2 unspecified atom stereocenters. The molecule has 3 rings (SSSR count). The van der Waals surface area contributed by atoms with Crippen LogP contribution < -0.4 is 0 Å². The van der Waals surface area contributed by atoms with E-state index in [1.807, 2.05) is 0 Å². The largest absolute Gasteiger partial charge is 0.296 e. The summed E-state index contributed by atoms with van der Waals surface area (Å²) in [6.45, 7) is 0. The molecule has 0 saturated heterocycles. The molecule has 1 nitrogen and oxygen atoms in total. The third kappa shape index (κ3) is 0.821. The lowest BCUT2D eigenvalue weighted by Gasteiger charge is -2.41. The van der Waals surface area contributed by atoms with Crippen LogP contribution in [0.2, 0.25) is 0 Å². The summed E-state index contributed by atoms with van der Waals surface area (Å²) in [6.07, 6.45) is 0.837. The number of halogens is 2. The topological polar surface area (TPSA) is 17.1 Å². The molecule has 0 bridgehead atoms. The van der Waals surface area contributed by atoms with Crippen LogP contribution >= 0.6 is 34.5 Å². The zero-order valence-electron chi connectivity index (χ0n) is 6.59. The molecule has 0 N–H and O–H groups in total. The zero-order valence-corrected chi connectivity index (χ0v) is 8.92. The minimum Gasteiger partial charge on any atom is -0.296 e. The molecule has 2 aliphatic rings. The van der Waals surface area contributed by atoms with Crippen LogP contribution in [0.1, 0.15) is 17.0 Å². The number of carbonyl (C=O) groups is 1. The number of hydrogen-bond acceptors (Lipinski definition) is 2. The van der Waals surface area contributed by atoms with Crippen molar-refractivity contribution in [3.05, 3.63) is 21.9 Å². The van der Waals surface area contributed by atoms with Crippen molar-refractivity contribution in [2.24, 2.45) is 5.92 Å². The van der Waals surface area contributed by atoms with E-state index in [9.17, 15) is 4.79 Å². The molecule has 1 aromatic heterocycles. The monoisotopic (exact) mass is 232 g/mol. The van der Waals surface area contributed by atoms with E-state index in [1.165, 1.54) is 11.1 Å². The van der Waals surface area contributed by atoms with E-state index in [1.54, 1.807) is 11.3 Å².